The van der Waals surface area contributed by atoms with Crippen LogP contribution in [-0.4, -0.2) is 29.3 Å². The third-order valence-corrected chi connectivity index (χ3v) is 5.53. The van der Waals surface area contributed by atoms with Gasteiger partial charge in [0.2, 0.25) is 5.91 Å². The van der Waals surface area contributed by atoms with Crippen molar-refractivity contribution in [2.45, 2.75) is 12.5 Å². The molecule has 1 unspecified atom stereocenters. The number of benzene rings is 1. The van der Waals surface area contributed by atoms with E-state index in [-0.39, 0.29) is 6.54 Å². The summed E-state index contributed by atoms with van der Waals surface area (Å²) >= 11 is 3.55. The fourth-order valence-corrected chi connectivity index (χ4v) is 3.64. The predicted molar refractivity (Wildman–Crippen MR) is 99.7 cm³/mol. The van der Waals surface area contributed by atoms with Crippen LogP contribution >= 0.6 is 33.9 Å². The van der Waals surface area contributed by atoms with Crippen LogP contribution in [0.1, 0.15) is 11.8 Å². The minimum atomic E-state index is -1.12. The Morgan fingerprint density at radius 3 is 2.62 bits per heavy atom. The fraction of sp³-hybridized carbons (Fsp3) is 0.188. The number of imide groups is 1. The highest BCUT2D eigenvalue weighted by Crippen LogP contribution is 2.31. The van der Waals surface area contributed by atoms with Crippen molar-refractivity contribution in [1.29, 1.82) is 0 Å². The van der Waals surface area contributed by atoms with Crippen LogP contribution in [0.4, 0.5) is 10.5 Å². The molecule has 0 bridgehead atoms. The lowest BCUT2D eigenvalue weighted by Crippen LogP contribution is -2.41. The van der Waals surface area contributed by atoms with Gasteiger partial charge in [-0.2, -0.15) is 0 Å². The summed E-state index contributed by atoms with van der Waals surface area (Å²) in [7, 11) is 0. The van der Waals surface area contributed by atoms with Crippen molar-refractivity contribution >= 4 is 57.5 Å². The van der Waals surface area contributed by atoms with E-state index in [0.29, 0.717) is 5.69 Å². The number of rotatable bonds is 4. The first-order valence-electron chi connectivity index (χ1n) is 7.13. The fourth-order valence-electron chi connectivity index (χ4n) is 2.45. The van der Waals surface area contributed by atoms with Crippen LogP contribution in [0.25, 0.3) is 0 Å². The highest BCUT2D eigenvalue weighted by Gasteiger charge is 2.50. The first kappa shape index (κ1) is 16.9. The molecule has 124 valence electrons. The standard InChI is InChI=1S/C16H14IN3O3S/c1-16(12-3-2-8-24-12)14(22)20(15(23)19-16)9-13(21)18-11-6-4-10(17)5-7-11/h2-8H,9H2,1H3,(H,18,21)(H,19,23). The molecular formula is C16H14IN3O3S. The lowest BCUT2D eigenvalue weighted by atomic mass is 10.0. The zero-order valence-corrected chi connectivity index (χ0v) is 15.7. The van der Waals surface area contributed by atoms with Crippen LogP contribution in [-0.2, 0) is 15.1 Å². The van der Waals surface area contributed by atoms with Gasteiger partial charge in [0.25, 0.3) is 5.91 Å². The minimum absolute atomic E-state index is 0.322. The van der Waals surface area contributed by atoms with E-state index in [4.69, 9.17) is 0 Å². The summed E-state index contributed by atoms with van der Waals surface area (Å²) in [5.41, 5.74) is -0.498. The summed E-state index contributed by atoms with van der Waals surface area (Å²) < 4.78 is 1.05. The monoisotopic (exact) mass is 455 g/mol. The lowest BCUT2D eigenvalue weighted by Gasteiger charge is -2.19. The van der Waals surface area contributed by atoms with Crippen LogP contribution in [0.5, 0.6) is 0 Å². The number of anilines is 1. The van der Waals surface area contributed by atoms with Crippen molar-refractivity contribution in [2.24, 2.45) is 0 Å². The van der Waals surface area contributed by atoms with Gasteiger partial charge in [-0.1, -0.05) is 6.07 Å². The highest BCUT2D eigenvalue weighted by molar-refractivity contribution is 14.1. The molecule has 3 rings (SSSR count). The number of nitrogens with zero attached hydrogens (tertiary/aromatic N) is 1. The zero-order chi connectivity index (χ0) is 17.3. The Hall–Kier alpha value is -1.94. The first-order chi connectivity index (χ1) is 11.4. The zero-order valence-electron chi connectivity index (χ0n) is 12.7. The Balaban J connectivity index is 1.71. The van der Waals surface area contributed by atoms with Crippen LogP contribution in [0.15, 0.2) is 41.8 Å². The Morgan fingerprint density at radius 1 is 1.29 bits per heavy atom. The lowest BCUT2D eigenvalue weighted by molar-refractivity contribution is -0.133. The Kier molecular flexibility index (Phi) is 4.59. The molecule has 1 aliphatic heterocycles. The molecule has 0 spiro atoms. The molecule has 0 saturated carbocycles. The van der Waals surface area contributed by atoms with Crippen molar-refractivity contribution in [3.8, 4) is 0 Å². The van der Waals surface area contributed by atoms with Gasteiger partial charge >= 0.3 is 6.03 Å². The molecule has 2 heterocycles. The minimum Gasteiger partial charge on any atom is -0.325 e. The second kappa shape index (κ2) is 6.52. The van der Waals surface area contributed by atoms with E-state index in [0.717, 1.165) is 13.3 Å². The molecule has 1 saturated heterocycles. The van der Waals surface area contributed by atoms with Gasteiger partial charge in [0.1, 0.15) is 6.54 Å². The van der Waals surface area contributed by atoms with E-state index >= 15 is 0 Å². The summed E-state index contributed by atoms with van der Waals surface area (Å²) in [6.07, 6.45) is 0. The molecule has 6 nitrogen and oxygen atoms in total. The Labute approximate surface area is 156 Å². The van der Waals surface area contributed by atoms with Gasteiger partial charge in [0.05, 0.1) is 0 Å². The molecule has 1 fully saturated rings. The molecule has 0 aliphatic carbocycles. The van der Waals surface area contributed by atoms with Gasteiger partial charge in [-0.3, -0.25) is 14.5 Å². The number of thiophene rings is 1. The molecule has 1 aliphatic rings. The quantitative estimate of drug-likeness (QED) is 0.550. The molecule has 2 N–H and O–H groups in total. The Bertz CT molecular complexity index is 791. The van der Waals surface area contributed by atoms with Crippen molar-refractivity contribution in [2.75, 3.05) is 11.9 Å². The van der Waals surface area contributed by atoms with Crippen molar-refractivity contribution in [3.05, 3.63) is 50.2 Å². The number of hydrogen-bond donors (Lipinski definition) is 2. The van der Waals surface area contributed by atoms with Gasteiger partial charge in [-0.05, 0) is 65.2 Å². The van der Waals surface area contributed by atoms with Crippen LogP contribution in [0, 0.1) is 3.57 Å². The molecule has 1 atom stereocenters. The highest BCUT2D eigenvalue weighted by atomic mass is 127. The summed E-state index contributed by atoms with van der Waals surface area (Å²) in [5, 5.41) is 7.20. The summed E-state index contributed by atoms with van der Waals surface area (Å²) in [6, 6.07) is 10.3. The number of carbonyl (C=O) groups is 3. The van der Waals surface area contributed by atoms with Gasteiger partial charge in [-0.25, -0.2) is 4.79 Å². The average Bonchev–Trinajstić information content (AvgIpc) is 3.14. The maximum atomic E-state index is 12.6. The molecule has 24 heavy (non-hydrogen) atoms. The van der Waals surface area contributed by atoms with E-state index in [1.54, 1.807) is 25.1 Å². The maximum absolute atomic E-state index is 12.6. The summed E-state index contributed by atoms with van der Waals surface area (Å²) in [5.74, 6) is -0.845. The summed E-state index contributed by atoms with van der Waals surface area (Å²) in [6.45, 7) is 1.33. The molecule has 2 aromatic rings. The van der Waals surface area contributed by atoms with E-state index in [1.165, 1.54) is 11.3 Å². The number of halogens is 1. The van der Waals surface area contributed by atoms with Crippen molar-refractivity contribution in [1.82, 2.24) is 10.2 Å². The molecule has 8 heteroatoms. The molecule has 1 aromatic carbocycles. The van der Waals surface area contributed by atoms with Gasteiger partial charge in [0, 0.05) is 14.1 Å². The second-order valence-corrected chi connectivity index (χ2v) is 7.67. The third-order valence-electron chi connectivity index (χ3n) is 3.72. The molecular weight excluding hydrogens is 441 g/mol. The normalized spacial score (nSPS) is 20.2. The molecule has 0 radical (unpaired) electrons. The Morgan fingerprint density at radius 2 is 2.00 bits per heavy atom. The van der Waals surface area contributed by atoms with Crippen molar-refractivity contribution in [3.63, 3.8) is 0 Å². The number of carbonyl (C=O) groups excluding carboxylic acids is 3. The van der Waals surface area contributed by atoms with Crippen molar-refractivity contribution < 1.29 is 14.4 Å². The predicted octanol–water partition coefficient (Wildman–Crippen LogP) is 2.76. The number of hydrogen-bond acceptors (Lipinski definition) is 4. The number of urea groups is 1. The van der Waals surface area contributed by atoms with Crippen LogP contribution < -0.4 is 10.6 Å². The van der Waals surface area contributed by atoms with Crippen LogP contribution in [0.2, 0.25) is 0 Å². The van der Waals surface area contributed by atoms with Gasteiger partial charge in [0.15, 0.2) is 5.54 Å². The topological polar surface area (TPSA) is 78.5 Å². The third kappa shape index (κ3) is 3.16. The second-order valence-electron chi connectivity index (χ2n) is 5.48. The number of amides is 4. The smallest absolute Gasteiger partial charge is 0.325 e. The first-order valence-corrected chi connectivity index (χ1v) is 9.09. The molecule has 1 aromatic heterocycles. The SMILES string of the molecule is CC1(c2cccs2)NC(=O)N(CC(=O)Nc2ccc(I)cc2)C1=O. The van der Waals surface area contributed by atoms with E-state index in [2.05, 4.69) is 33.2 Å². The van der Waals surface area contributed by atoms with Gasteiger partial charge in [-0.15, -0.1) is 11.3 Å². The van der Waals surface area contributed by atoms with E-state index in [1.807, 2.05) is 23.6 Å². The van der Waals surface area contributed by atoms with E-state index < -0.39 is 23.4 Å². The largest absolute Gasteiger partial charge is 0.325 e. The summed E-state index contributed by atoms with van der Waals surface area (Å²) in [4.78, 5) is 38.6. The average molecular weight is 455 g/mol. The molecule has 4 amide bonds. The van der Waals surface area contributed by atoms with Crippen LogP contribution in [0.3, 0.4) is 0 Å². The van der Waals surface area contributed by atoms with E-state index in [9.17, 15) is 14.4 Å². The maximum Gasteiger partial charge on any atom is 0.325 e. The van der Waals surface area contributed by atoms with Gasteiger partial charge < -0.3 is 10.6 Å². The number of nitrogens with one attached hydrogen (secondary N) is 2.